The van der Waals surface area contributed by atoms with Crippen LogP contribution in [0.4, 0.5) is 0 Å². The number of aromatic nitrogens is 1. The Labute approximate surface area is 178 Å². The van der Waals surface area contributed by atoms with E-state index in [-0.39, 0.29) is 35.0 Å². The molecular formula is C24H32N2O4. The molecule has 2 aliphatic rings. The first-order valence-corrected chi connectivity index (χ1v) is 10.9. The van der Waals surface area contributed by atoms with Crippen molar-refractivity contribution in [1.82, 2.24) is 10.3 Å². The van der Waals surface area contributed by atoms with Gasteiger partial charge in [-0.3, -0.25) is 4.79 Å². The highest BCUT2D eigenvalue weighted by Gasteiger charge is 2.46. The number of carbonyl (C=O) groups excluding carboxylic acids is 1. The zero-order valence-corrected chi connectivity index (χ0v) is 18.1. The number of oxazole rings is 1. The summed E-state index contributed by atoms with van der Waals surface area (Å²) < 4.78 is 11.6. The summed E-state index contributed by atoms with van der Waals surface area (Å²) in [5.41, 5.74) is 1.01. The molecular weight excluding hydrogens is 380 g/mol. The summed E-state index contributed by atoms with van der Waals surface area (Å²) in [6.45, 7) is 6.35. The van der Waals surface area contributed by atoms with Gasteiger partial charge in [0.15, 0.2) is 11.6 Å². The Hall–Kier alpha value is -2.18. The minimum absolute atomic E-state index is 0.0447. The van der Waals surface area contributed by atoms with Crippen LogP contribution in [0, 0.1) is 12.8 Å². The number of nitrogens with zero attached hydrogens (tertiary/aromatic N) is 1. The van der Waals surface area contributed by atoms with Crippen LogP contribution in [-0.4, -0.2) is 40.4 Å². The molecule has 1 saturated carbocycles. The van der Waals surface area contributed by atoms with Crippen LogP contribution in [0.2, 0.25) is 0 Å². The molecule has 30 heavy (non-hydrogen) atoms. The van der Waals surface area contributed by atoms with Crippen LogP contribution in [0.1, 0.15) is 67.9 Å². The van der Waals surface area contributed by atoms with Gasteiger partial charge in [0.05, 0.1) is 17.8 Å². The van der Waals surface area contributed by atoms with E-state index in [1.54, 1.807) is 6.92 Å². The van der Waals surface area contributed by atoms with Crippen LogP contribution in [0.3, 0.4) is 0 Å². The lowest BCUT2D eigenvalue weighted by Crippen LogP contribution is -2.48. The third kappa shape index (κ3) is 4.30. The van der Waals surface area contributed by atoms with Gasteiger partial charge in [-0.2, -0.15) is 0 Å². The maximum absolute atomic E-state index is 12.7. The number of hydrogen-bond acceptors (Lipinski definition) is 5. The van der Waals surface area contributed by atoms with Gasteiger partial charge in [0, 0.05) is 31.2 Å². The Bertz CT molecular complexity index is 878. The molecule has 2 N–H and O–H groups in total. The van der Waals surface area contributed by atoms with Crippen molar-refractivity contribution in [2.45, 2.75) is 76.1 Å². The van der Waals surface area contributed by atoms with E-state index in [1.807, 2.05) is 18.2 Å². The van der Waals surface area contributed by atoms with Crippen molar-refractivity contribution >= 4 is 5.91 Å². The van der Waals surface area contributed by atoms with Crippen molar-refractivity contribution in [3.8, 4) is 0 Å². The average molecular weight is 413 g/mol. The molecule has 0 bridgehead atoms. The predicted octanol–water partition coefficient (Wildman–Crippen LogP) is 3.77. The number of hydrogen-bond donors (Lipinski definition) is 2. The van der Waals surface area contributed by atoms with Crippen LogP contribution >= 0.6 is 0 Å². The second-order valence-corrected chi connectivity index (χ2v) is 9.51. The topological polar surface area (TPSA) is 84.6 Å². The molecule has 0 unspecified atom stereocenters. The minimum Gasteiger partial charge on any atom is -0.448 e. The summed E-state index contributed by atoms with van der Waals surface area (Å²) in [4.78, 5) is 16.8. The number of aryl methyl sites for hydroxylation is 1. The van der Waals surface area contributed by atoms with Gasteiger partial charge in [-0.1, -0.05) is 30.3 Å². The van der Waals surface area contributed by atoms with E-state index >= 15 is 0 Å². The third-order valence-electron chi connectivity index (χ3n) is 6.83. The Morgan fingerprint density at radius 3 is 2.67 bits per heavy atom. The quantitative estimate of drug-likeness (QED) is 0.799. The SMILES string of the molecule is Cc1nc(C(=O)NC[C@]2(c3ccccc3)CC[C@H]3[C@H](CC2)OC(C)(C)C[C@@H]3O)co1. The number of aliphatic hydroxyl groups excluding tert-OH is 1. The Kier molecular flexibility index (Phi) is 5.73. The molecule has 0 radical (unpaired) electrons. The zero-order chi connectivity index (χ0) is 21.4. The molecule has 6 heteroatoms. The van der Waals surface area contributed by atoms with Crippen molar-refractivity contribution in [1.29, 1.82) is 0 Å². The number of benzene rings is 1. The molecule has 162 valence electrons. The number of aliphatic hydroxyl groups is 1. The van der Waals surface area contributed by atoms with Crippen molar-refractivity contribution in [3.05, 3.63) is 53.7 Å². The molecule has 2 aromatic rings. The number of carbonyl (C=O) groups is 1. The normalized spacial score (nSPS) is 30.9. The van der Waals surface area contributed by atoms with E-state index in [0.717, 1.165) is 25.7 Å². The highest BCUT2D eigenvalue weighted by molar-refractivity contribution is 5.91. The molecule has 1 aromatic carbocycles. The molecule has 1 aliphatic carbocycles. The summed E-state index contributed by atoms with van der Waals surface area (Å²) in [5.74, 6) is 0.393. The largest absolute Gasteiger partial charge is 0.448 e. The fourth-order valence-electron chi connectivity index (χ4n) is 5.25. The van der Waals surface area contributed by atoms with E-state index in [1.165, 1.54) is 11.8 Å². The lowest BCUT2D eigenvalue weighted by atomic mass is 9.73. The van der Waals surface area contributed by atoms with Gasteiger partial charge in [0.1, 0.15) is 6.26 Å². The maximum Gasteiger partial charge on any atom is 0.273 e. The van der Waals surface area contributed by atoms with Crippen LogP contribution in [0.15, 0.2) is 41.0 Å². The van der Waals surface area contributed by atoms with Gasteiger partial charge < -0.3 is 19.6 Å². The molecule has 1 saturated heterocycles. The lowest BCUT2D eigenvalue weighted by molar-refractivity contribution is -0.178. The van der Waals surface area contributed by atoms with Crippen molar-refractivity contribution < 1.29 is 19.1 Å². The highest BCUT2D eigenvalue weighted by atomic mass is 16.5. The maximum atomic E-state index is 12.7. The molecule has 1 aliphatic heterocycles. The highest BCUT2D eigenvalue weighted by Crippen LogP contribution is 2.45. The summed E-state index contributed by atoms with van der Waals surface area (Å²) in [7, 11) is 0. The molecule has 0 spiro atoms. The van der Waals surface area contributed by atoms with E-state index in [4.69, 9.17) is 9.15 Å². The Morgan fingerprint density at radius 1 is 1.23 bits per heavy atom. The Balaban J connectivity index is 1.57. The molecule has 1 amide bonds. The monoisotopic (exact) mass is 412 g/mol. The molecule has 1 aromatic heterocycles. The summed E-state index contributed by atoms with van der Waals surface area (Å²) in [6, 6.07) is 10.4. The summed E-state index contributed by atoms with van der Waals surface area (Å²) in [6.07, 6.45) is 5.26. The summed E-state index contributed by atoms with van der Waals surface area (Å²) in [5, 5.41) is 13.9. The van der Waals surface area contributed by atoms with Gasteiger partial charge in [-0.15, -0.1) is 0 Å². The van der Waals surface area contributed by atoms with E-state index in [2.05, 4.69) is 36.3 Å². The standard InChI is InChI=1S/C24H32N2O4/c1-16-26-19(14-29-16)22(28)25-15-24(17-7-5-4-6-8-17)11-9-18-20(27)13-23(2,3)30-21(18)10-12-24/h4-8,14,18,20-21,27H,9-13,15H2,1-3H3,(H,25,28)/t18-,20+,21+,24+/m1/s1. The van der Waals surface area contributed by atoms with Crippen molar-refractivity contribution in [3.63, 3.8) is 0 Å². The van der Waals surface area contributed by atoms with Crippen LogP contribution < -0.4 is 5.32 Å². The molecule has 4 atom stereocenters. The second-order valence-electron chi connectivity index (χ2n) is 9.51. The van der Waals surface area contributed by atoms with Gasteiger partial charge in [-0.05, 0) is 45.1 Å². The van der Waals surface area contributed by atoms with E-state index in [9.17, 15) is 9.90 Å². The van der Waals surface area contributed by atoms with Gasteiger partial charge in [-0.25, -0.2) is 4.98 Å². The molecule has 2 fully saturated rings. The first-order chi connectivity index (χ1) is 14.3. The van der Waals surface area contributed by atoms with Crippen molar-refractivity contribution in [2.75, 3.05) is 6.54 Å². The number of fused-ring (bicyclic) bond motifs is 1. The predicted molar refractivity (Wildman–Crippen MR) is 113 cm³/mol. The van der Waals surface area contributed by atoms with Crippen molar-refractivity contribution in [2.24, 2.45) is 5.92 Å². The van der Waals surface area contributed by atoms with Crippen LogP contribution in [0.5, 0.6) is 0 Å². The summed E-state index contributed by atoms with van der Waals surface area (Å²) >= 11 is 0. The molecule has 4 rings (SSSR count). The minimum atomic E-state index is -0.349. The van der Waals surface area contributed by atoms with Crippen LogP contribution in [0.25, 0.3) is 0 Å². The zero-order valence-electron chi connectivity index (χ0n) is 18.1. The second kappa shape index (κ2) is 8.16. The first kappa shape index (κ1) is 21.1. The lowest BCUT2D eigenvalue weighted by Gasteiger charge is -2.43. The first-order valence-electron chi connectivity index (χ1n) is 10.9. The number of rotatable bonds is 4. The Morgan fingerprint density at radius 2 is 1.97 bits per heavy atom. The molecule has 6 nitrogen and oxygen atoms in total. The fourth-order valence-corrected chi connectivity index (χ4v) is 5.25. The third-order valence-corrected chi connectivity index (χ3v) is 6.83. The van der Waals surface area contributed by atoms with Crippen LogP contribution in [-0.2, 0) is 10.2 Å². The smallest absolute Gasteiger partial charge is 0.273 e. The van der Waals surface area contributed by atoms with E-state index < -0.39 is 0 Å². The fraction of sp³-hybridized carbons (Fsp3) is 0.583. The van der Waals surface area contributed by atoms with Gasteiger partial charge in [0.25, 0.3) is 5.91 Å². The average Bonchev–Trinajstić information content (AvgIpc) is 3.05. The van der Waals surface area contributed by atoms with E-state index in [0.29, 0.717) is 24.6 Å². The molecule has 2 heterocycles. The van der Waals surface area contributed by atoms with Gasteiger partial charge >= 0.3 is 0 Å². The number of nitrogens with one attached hydrogen (secondary N) is 1. The number of amides is 1. The number of ether oxygens (including phenoxy) is 1. The van der Waals surface area contributed by atoms with Gasteiger partial charge in [0.2, 0.25) is 0 Å².